The Kier molecular flexibility index (Phi) is 5.99. The van der Waals surface area contributed by atoms with Gasteiger partial charge in [0.15, 0.2) is 0 Å². The average Bonchev–Trinajstić information content (AvgIpc) is 2.35. The number of carbonyl (C=O) groups excluding carboxylic acids is 1. The Morgan fingerprint density at radius 1 is 1.16 bits per heavy atom. The van der Waals surface area contributed by atoms with Crippen molar-refractivity contribution in [3.8, 4) is 11.5 Å². The van der Waals surface area contributed by atoms with Crippen molar-refractivity contribution in [2.45, 2.75) is 33.6 Å². The number of amides is 1. The molecule has 0 saturated heterocycles. The zero-order valence-electron chi connectivity index (χ0n) is 11.8. The van der Waals surface area contributed by atoms with E-state index in [2.05, 4.69) is 5.32 Å². The second-order valence-corrected chi connectivity index (χ2v) is 4.05. The van der Waals surface area contributed by atoms with Gasteiger partial charge in [-0.3, -0.25) is 4.79 Å². The molecule has 0 saturated carbocycles. The van der Waals surface area contributed by atoms with Gasteiger partial charge < -0.3 is 20.5 Å². The monoisotopic (exact) mass is 266 g/mol. The lowest BCUT2D eigenvalue weighted by molar-refractivity contribution is -0.116. The highest BCUT2D eigenvalue weighted by Gasteiger charge is 2.12. The molecular formula is C14H22N2O3. The first-order valence-corrected chi connectivity index (χ1v) is 6.61. The minimum absolute atomic E-state index is 0.0457. The van der Waals surface area contributed by atoms with E-state index in [-0.39, 0.29) is 5.91 Å². The predicted molar refractivity (Wildman–Crippen MR) is 76.7 cm³/mol. The van der Waals surface area contributed by atoms with Crippen LogP contribution in [0.4, 0.5) is 11.4 Å². The van der Waals surface area contributed by atoms with Gasteiger partial charge in [0, 0.05) is 18.6 Å². The van der Waals surface area contributed by atoms with E-state index in [1.807, 2.05) is 20.8 Å². The summed E-state index contributed by atoms with van der Waals surface area (Å²) in [5.41, 5.74) is 6.97. The molecule has 1 aromatic rings. The zero-order chi connectivity index (χ0) is 14.3. The first-order valence-electron chi connectivity index (χ1n) is 6.61. The van der Waals surface area contributed by atoms with Gasteiger partial charge in [-0.25, -0.2) is 0 Å². The molecule has 5 nitrogen and oxygen atoms in total. The van der Waals surface area contributed by atoms with Crippen LogP contribution in [0.25, 0.3) is 0 Å². The lowest BCUT2D eigenvalue weighted by Crippen LogP contribution is -2.12. The second kappa shape index (κ2) is 7.51. The Bertz CT molecular complexity index is 433. The SMILES string of the molecule is CCCC(=O)Nc1cc(OCC)c(N)cc1OCC. The molecule has 1 aromatic carbocycles. The topological polar surface area (TPSA) is 73.6 Å². The molecule has 0 atom stereocenters. The number of ether oxygens (including phenoxy) is 2. The minimum Gasteiger partial charge on any atom is -0.492 e. The van der Waals surface area contributed by atoms with Crippen LogP contribution in [0.2, 0.25) is 0 Å². The number of hydrogen-bond acceptors (Lipinski definition) is 4. The molecule has 0 bridgehead atoms. The lowest BCUT2D eigenvalue weighted by Gasteiger charge is -2.15. The van der Waals surface area contributed by atoms with Crippen molar-refractivity contribution in [2.75, 3.05) is 24.3 Å². The van der Waals surface area contributed by atoms with Crippen LogP contribution in [0.5, 0.6) is 11.5 Å². The van der Waals surface area contributed by atoms with Gasteiger partial charge in [-0.05, 0) is 20.3 Å². The molecular weight excluding hydrogens is 244 g/mol. The first kappa shape index (κ1) is 15.1. The molecule has 19 heavy (non-hydrogen) atoms. The van der Waals surface area contributed by atoms with Gasteiger partial charge >= 0.3 is 0 Å². The van der Waals surface area contributed by atoms with E-state index >= 15 is 0 Å². The maximum absolute atomic E-state index is 11.7. The van der Waals surface area contributed by atoms with Gasteiger partial charge in [0.05, 0.1) is 24.6 Å². The molecule has 1 rings (SSSR count). The molecule has 0 fully saturated rings. The fraction of sp³-hybridized carbons (Fsp3) is 0.500. The number of hydrogen-bond donors (Lipinski definition) is 2. The summed E-state index contributed by atoms with van der Waals surface area (Å²) < 4.78 is 10.9. The third-order valence-electron chi connectivity index (χ3n) is 2.46. The van der Waals surface area contributed by atoms with Crippen LogP contribution >= 0.6 is 0 Å². The van der Waals surface area contributed by atoms with E-state index in [1.54, 1.807) is 12.1 Å². The Hall–Kier alpha value is -1.91. The van der Waals surface area contributed by atoms with Crippen LogP contribution in [0.1, 0.15) is 33.6 Å². The average molecular weight is 266 g/mol. The molecule has 0 spiro atoms. The van der Waals surface area contributed by atoms with Crippen molar-refractivity contribution in [1.82, 2.24) is 0 Å². The largest absolute Gasteiger partial charge is 0.492 e. The molecule has 0 aromatic heterocycles. The minimum atomic E-state index is -0.0457. The first-order chi connectivity index (χ1) is 9.12. The van der Waals surface area contributed by atoms with Crippen molar-refractivity contribution >= 4 is 17.3 Å². The zero-order valence-corrected chi connectivity index (χ0v) is 11.8. The molecule has 106 valence electrons. The fourth-order valence-corrected chi connectivity index (χ4v) is 1.67. The van der Waals surface area contributed by atoms with E-state index < -0.39 is 0 Å². The van der Waals surface area contributed by atoms with Crippen LogP contribution in [0.15, 0.2) is 12.1 Å². The van der Waals surface area contributed by atoms with E-state index in [0.29, 0.717) is 42.5 Å². The molecule has 0 aliphatic carbocycles. The predicted octanol–water partition coefficient (Wildman–Crippen LogP) is 2.80. The molecule has 1 amide bonds. The number of carbonyl (C=O) groups is 1. The summed E-state index contributed by atoms with van der Waals surface area (Å²) in [5, 5.41) is 2.82. The Morgan fingerprint density at radius 3 is 2.37 bits per heavy atom. The normalized spacial score (nSPS) is 10.1. The fourth-order valence-electron chi connectivity index (χ4n) is 1.67. The molecule has 0 aliphatic rings. The summed E-state index contributed by atoms with van der Waals surface area (Å²) >= 11 is 0. The summed E-state index contributed by atoms with van der Waals surface area (Å²) in [5.74, 6) is 1.07. The third kappa shape index (κ3) is 4.35. The summed E-state index contributed by atoms with van der Waals surface area (Å²) in [7, 11) is 0. The Labute approximate surface area is 114 Å². The van der Waals surface area contributed by atoms with Crippen LogP contribution < -0.4 is 20.5 Å². The number of anilines is 2. The molecule has 0 unspecified atom stereocenters. The summed E-state index contributed by atoms with van der Waals surface area (Å²) in [6.45, 7) is 6.73. The van der Waals surface area contributed by atoms with E-state index in [9.17, 15) is 4.79 Å². The summed E-state index contributed by atoms with van der Waals surface area (Å²) in [4.78, 5) is 11.7. The molecule has 0 radical (unpaired) electrons. The van der Waals surface area contributed by atoms with Crippen molar-refractivity contribution in [1.29, 1.82) is 0 Å². The quantitative estimate of drug-likeness (QED) is 0.744. The van der Waals surface area contributed by atoms with Gasteiger partial charge in [-0.15, -0.1) is 0 Å². The van der Waals surface area contributed by atoms with Crippen LogP contribution in [0, 0.1) is 0 Å². The highest BCUT2D eigenvalue weighted by molar-refractivity contribution is 5.93. The van der Waals surface area contributed by atoms with Crippen LogP contribution in [-0.4, -0.2) is 19.1 Å². The smallest absolute Gasteiger partial charge is 0.224 e. The van der Waals surface area contributed by atoms with Crippen molar-refractivity contribution in [3.63, 3.8) is 0 Å². The molecule has 0 heterocycles. The van der Waals surface area contributed by atoms with Crippen molar-refractivity contribution in [2.24, 2.45) is 0 Å². The highest BCUT2D eigenvalue weighted by atomic mass is 16.5. The molecule has 3 N–H and O–H groups in total. The summed E-state index contributed by atoms with van der Waals surface area (Å²) in [6, 6.07) is 3.38. The number of nitrogen functional groups attached to an aromatic ring is 1. The maximum Gasteiger partial charge on any atom is 0.224 e. The van der Waals surface area contributed by atoms with Gasteiger partial charge in [-0.1, -0.05) is 6.92 Å². The van der Waals surface area contributed by atoms with E-state index in [1.165, 1.54) is 0 Å². The Morgan fingerprint density at radius 2 is 1.79 bits per heavy atom. The molecule has 5 heteroatoms. The number of rotatable bonds is 7. The van der Waals surface area contributed by atoms with E-state index in [4.69, 9.17) is 15.2 Å². The molecule has 0 aliphatic heterocycles. The van der Waals surface area contributed by atoms with E-state index in [0.717, 1.165) is 6.42 Å². The van der Waals surface area contributed by atoms with Crippen LogP contribution in [0.3, 0.4) is 0 Å². The van der Waals surface area contributed by atoms with Gasteiger partial charge in [0.2, 0.25) is 5.91 Å². The van der Waals surface area contributed by atoms with Gasteiger partial charge in [-0.2, -0.15) is 0 Å². The third-order valence-corrected chi connectivity index (χ3v) is 2.46. The van der Waals surface area contributed by atoms with Crippen molar-refractivity contribution in [3.05, 3.63) is 12.1 Å². The second-order valence-electron chi connectivity index (χ2n) is 4.05. The standard InChI is InChI=1S/C14H22N2O3/c1-4-7-14(17)16-11-9-12(18-5-2)10(15)8-13(11)19-6-3/h8-9H,4-7,15H2,1-3H3,(H,16,17). The summed E-state index contributed by atoms with van der Waals surface area (Å²) in [6.07, 6.45) is 1.27. The maximum atomic E-state index is 11.7. The van der Waals surface area contributed by atoms with Gasteiger partial charge in [0.1, 0.15) is 11.5 Å². The number of nitrogens with one attached hydrogen (secondary N) is 1. The van der Waals surface area contributed by atoms with Crippen molar-refractivity contribution < 1.29 is 14.3 Å². The van der Waals surface area contributed by atoms with Crippen LogP contribution in [-0.2, 0) is 4.79 Å². The Balaban J connectivity index is 3.02. The number of benzene rings is 1. The number of nitrogens with two attached hydrogens (primary N) is 1. The lowest BCUT2D eigenvalue weighted by atomic mass is 10.2. The van der Waals surface area contributed by atoms with Gasteiger partial charge in [0.25, 0.3) is 0 Å². The highest BCUT2D eigenvalue weighted by Crippen LogP contribution is 2.35.